The maximum absolute atomic E-state index is 13.5. The number of aliphatic hydroxyl groups excluding tert-OH is 11. The lowest BCUT2D eigenvalue weighted by Gasteiger charge is -2.48. The monoisotopic (exact) mass is 1560 g/mol. The smallest absolute Gasteiger partial charge is 0.220 e. The molecule has 1 amide bonds. The summed E-state index contributed by atoms with van der Waals surface area (Å²) in [6, 6.07) is -0.998. The zero-order valence-corrected chi connectivity index (χ0v) is 69.8. The van der Waals surface area contributed by atoms with Gasteiger partial charge in [-0.2, -0.15) is 0 Å². The number of allylic oxidation sites excluding steroid dienone is 7. The summed E-state index contributed by atoms with van der Waals surface area (Å²) in [6.07, 6.45) is 65.8. The highest BCUT2D eigenvalue weighted by molar-refractivity contribution is 5.76. The van der Waals surface area contributed by atoms with Crippen LogP contribution in [0.4, 0.5) is 0 Å². The van der Waals surface area contributed by atoms with Crippen LogP contribution in [0.15, 0.2) is 48.6 Å². The van der Waals surface area contributed by atoms with Crippen LogP contribution in [0.5, 0.6) is 0 Å². The molecule has 3 rings (SSSR count). The molecule has 3 heterocycles. The van der Waals surface area contributed by atoms with Crippen molar-refractivity contribution in [2.75, 3.05) is 26.4 Å². The van der Waals surface area contributed by atoms with E-state index in [9.17, 15) is 61.0 Å². The largest absolute Gasteiger partial charge is 0.394 e. The van der Waals surface area contributed by atoms with Crippen LogP contribution in [0.3, 0.4) is 0 Å². The van der Waals surface area contributed by atoms with Crippen molar-refractivity contribution in [3.05, 3.63) is 48.6 Å². The van der Waals surface area contributed by atoms with E-state index in [2.05, 4.69) is 55.6 Å². The summed E-state index contributed by atoms with van der Waals surface area (Å²) in [5.41, 5.74) is 0. The van der Waals surface area contributed by atoms with E-state index >= 15 is 0 Å². The summed E-state index contributed by atoms with van der Waals surface area (Å²) in [6.45, 7) is 1.77. The quantitative estimate of drug-likeness (QED) is 0.0199. The first-order valence-corrected chi connectivity index (χ1v) is 45.9. The van der Waals surface area contributed by atoms with Gasteiger partial charge in [-0.1, -0.05) is 364 Å². The lowest BCUT2D eigenvalue weighted by atomic mass is 9.96. The third kappa shape index (κ3) is 49.1. The number of amides is 1. The van der Waals surface area contributed by atoms with Crippen molar-refractivity contribution < 1.29 is 89.4 Å². The third-order valence-corrected chi connectivity index (χ3v) is 22.8. The number of ether oxygens (including phenoxy) is 6. The van der Waals surface area contributed by atoms with Crippen LogP contribution in [-0.2, 0) is 33.2 Å². The Morgan fingerprint density at radius 2 is 0.582 bits per heavy atom. The molecule has 0 aliphatic carbocycles. The number of aliphatic hydroxyl groups is 11. The van der Waals surface area contributed by atoms with Crippen LogP contribution < -0.4 is 5.32 Å². The van der Waals surface area contributed by atoms with Gasteiger partial charge in [-0.25, -0.2) is 0 Å². The fourth-order valence-electron chi connectivity index (χ4n) is 15.5. The number of nitrogens with one attached hydrogen (secondary N) is 1. The average Bonchev–Trinajstić information content (AvgIpc) is 0.782. The molecule has 0 saturated carbocycles. The molecule has 110 heavy (non-hydrogen) atoms. The van der Waals surface area contributed by atoms with Crippen molar-refractivity contribution in [1.29, 1.82) is 0 Å². The summed E-state index contributed by atoms with van der Waals surface area (Å²) in [7, 11) is 0. The van der Waals surface area contributed by atoms with E-state index in [0.29, 0.717) is 12.8 Å². The molecule has 0 aromatic heterocycles. The summed E-state index contributed by atoms with van der Waals surface area (Å²) in [5.74, 6) is -0.282. The number of hydrogen-bond donors (Lipinski definition) is 12. The van der Waals surface area contributed by atoms with Gasteiger partial charge in [-0.15, -0.1) is 0 Å². The SMILES string of the molecule is CCCCCCCCCC/C=C\CCCCCCCCCCCCCCCCCCCCCCCCCCCCCCCC(=O)NC(COC1OC(CO)C(OC2OC(CO)C(OC3OC(CO)C(O)C(O)C3O)C(O)C2O)C(O)C1O)C(O)/C=C/CC/C=C/CC/C=C/CCCCCCCCCCCCCCCC. The van der Waals surface area contributed by atoms with E-state index < -0.39 is 124 Å². The highest BCUT2D eigenvalue weighted by Gasteiger charge is 2.54. The first-order valence-electron chi connectivity index (χ1n) is 45.9. The number of carbonyl (C=O) groups is 1. The van der Waals surface area contributed by atoms with Gasteiger partial charge in [0, 0.05) is 6.42 Å². The van der Waals surface area contributed by atoms with Crippen LogP contribution in [0.1, 0.15) is 393 Å². The molecular formula is C91H169NO18. The molecule has 3 aliphatic rings. The molecule has 19 nitrogen and oxygen atoms in total. The molecule has 646 valence electrons. The molecule has 19 heteroatoms. The van der Waals surface area contributed by atoms with E-state index in [0.717, 1.165) is 44.9 Å². The predicted molar refractivity (Wildman–Crippen MR) is 443 cm³/mol. The van der Waals surface area contributed by atoms with Gasteiger partial charge in [0.2, 0.25) is 5.91 Å². The highest BCUT2D eigenvalue weighted by atomic mass is 16.8. The van der Waals surface area contributed by atoms with Crippen molar-refractivity contribution in [1.82, 2.24) is 5.32 Å². The Labute approximate surface area is 669 Å². The van der Waals surface area contributed by atoms with E-state index in [1.807, 2.05) is 6.08 Å². The van der Waals surface area contributed by atoms with E-state index in [-0.39, 0.29) is 18.9 Å². The Bertz CT molecular complexity index is 2170. The first-order chi connectivity index (χ1) is 53.8. The number of rotatable bonds is 75. The van der Waals surface area contributed by atoms with Crippen molar-refractivity contribution >= 4 is 5.91 Å². The van der Waals surface area contributed by atoms with Crippen LogP contribution in [0.25, 0.3) is 0 Å². The second-order valence-electron chi connectivity index (χ2n) is 32.7. The maximum Gasteiger partial charge on any atom is 0.220 e. The van der Waals surface area contributed by atoms with Gasteiger partial charge in [-0.05, 0) is 70.6 Å². The van der Waals surface area contributed by atoms with E-state index in [1.165, 1.54) is 315 Å². The molecule has 17 unspecified atom stereocenters. The molecule has 3 aliphatic heterocycles. The van der Waals surface area contributed by atoms with Gasteiger partial charge in [0.25, 0.3) is 0 Å². The molecule has 0 radical (unpaired) electrons. The van der Waals surface area contributed by atoms with Crippen molar-refractivity contribution in [2.45, 2.75) is 497 Å². The summed E-state index contributed by atoms with van der Waals surface area (Å²) < 4.78 is 34.5. The topological polar surface area (TPSA) is 307 Å². The van der Waals surface area contributed by atoms with Crippen molar-refractivity contribution in [3.63, 3.8) is 0 Å². The minimum Gasteiger partial charge on any atom is -0.394 e. The standard InChI is InChI=1S/C91H169NO18/c1-3-5-7-9-11-13-15-17-19-21-23-25-27-29-30-31-32-33-34-35-36-37-38-39-40-41-42-43-44-45-47-49-51-53-55-57-59-61-63-65-67-69-79(97)92-74(75(96)68-66-64-62-60-58-56-54-52-50-48-46-28-26-24-22-20-18-16-14-12-10-8-6-4-2)73-105-89-85(103)82(100)87(77(71-94)107-89)110-91-86(104)83(101)88(78(72-95)108-91)109-90-84(102)81(99)80(98)76(70-93)106-90/h21,23,50,52,58,60,66,68,74-78,80-91,93-96,98-104H,3-20,22,24-49,51,53-57,59,61-65,67,69-73H2,1-2H3,(H,92,97)/b23-21-,52-50+,60-58+,68-66+. The van der Waals surface area contributed by atoms with Gasteiger partial charge in [0.1, 0.15) is 73.2 Å². The minimum absolute atomic E-state index is 0.236. The summed E-state index contributed by atoms with van der Waals surface area (Å²) >= 11 is 0. The molecule has 0 bridgehead atoms. The molecular weight excluding hydrogens is 1390 g/mol. The fourth-order valence-corrected chi connectivity index (χ4v) is 15.5. The molecule has 0 spiro atoms. The Balaban J connectivity index is 1.30. The first kappa shape index (κ1) is 102. The molecule has 12 N–H and O–H groups in total. The second kappa shape index (κ2) is 70.9. The summed E-state index contributed by atoms with van der Waals surface area (Å²) in [4.78, 5) is 13.5. The Morgan fingerprint density at radius 3 is 0.909 bits per heavy atom. The number of carbonyl (C=O) groups excluding carboxylic acids is 1. The molecule has 3 fully saturated rings. The second-order valence-corrected chi connectivity index (χ2v) is 32.7. The van der Waals surface area contributed by atoms with E-state index in [1.54, 1.807) is 6.08 Å². The van der Waals surface area contributed by atoms with Crippen LogP contribution in [-0.4, -0.2) is 193 Å². The predicted octanol–water partition coefficient (Wildman–Crippen LogP) is 17.6. The number of hydrogen-bond acceptors (Lipinski definition) is 18. The zero-order chi connectivity index (χ0) is 79.5. The van der Waals surface area contributed by atoms with Crippen LogP contribution in [0.2, 0.25) is 0 Å². The minimum atomic E-state index is -1.98. The Hall–Kier alpha value is -2.25. The van der Waals surface area contributed by atoms with Crippen LogP contribution >= 0.6 is 0 Å². The third-order valence-electron chi connectivity index (χ3n) is 22.8. The molecule has 0 aromatic rings. The molecule has 17 atom stereocenters. The molecule has 3 saturated heterocycles. The number of unbranched alkanes of at least 4 members (excludes halogenated alkanes) is 53. The summed E-state index contributed by atoms with van der Waals surface area (Å²) in [5, 5.41) is 121. The zero-order valence-electron chi connectivity index (χ0n) is 69.8. The van der Waals surface area contributed by atoms with Gasteiger partial charge in [0.05, 0.1) is 38.6 Å². The average molecular weight is 1570 g/mol. The van der Waals surface area contributed by atoms with Crippen molar-refractivity contribution in [3.8, 4) is 0 Å². The highest BCUT2D eigenvalue weighted by Crippen LogP contribution is 2.34. The van der Waals surface area contributed by atoms with E-state index in [4.69, 9.17) is 28.4 Å². The van der Waals surface area contributed by atoms with Gasteiger partial charge < -0.3 is 89.9 Å². The van der Waals surface area contributed by atoms with Gasteiger partial charge in [0.15, 0.2) is 18.9 Å². The van der Waals surface area contributed by atoms with Gasteiger partial charge in [-0.3, -0.25) is 4.79 Å². The fraction of sp³-hybridized carbons (Fsp3) is 0.901. The lowest BCUT2D eigenvalue weighted by molar-refractivity contribution is -0.379. The molecule has 0 aromatic carbocycles. The normalized spacial score (nSPS) is 25.3. The Kier molecular flexibility index (Phi) is 65.7. The van der Waals surface area contributed by atoms with Gasteiger partial charge >= 0.3 is 0 Å². The lowest BCUT2D eigenvalue weighted by Crippen LogP contribution is -2.66. The van der Waals surface area contributed by atoms with Crippen molar-refractivity contribution in [2.24, 2.45) is 0 Å². The Morgan fingerprint density at radius 1 is 0.318 bits per heavy atom. The maximum atomic E-state index is 13.5. The van der Waals surface area contributed by atoms with Crippen LogP contribution in [0, 0.1) is 0 Å².